The molecule has 0 atom stereocenters. The molecule has 1 amide bonds. The molecule has 0 aromatic carbocycles. The third kappa shape index (κ3) is 5.80. The molecule has 1 spiro atoms. The van der Waals surface area contributed by atoms with Crippen molar-refractivity contribution in [2.75, 3.05) is 26.2 Å². The molecule has 1 saturated carbocycles. The molecule has 0 bridgehead atoms. The van der Waals surface area contributed by atoms with Gasteiger partial charge in [-0.2, -0.15) is 5.10 Å². The molecule has 13 nitrogen and oxygen atoms in total. The van der Waals surface area contributed by atoms with Crippen LogP contribution in [0.25, 0.3) is 0 Å². The Morgan fingerprint density at radius 1 is 1.09 bits per heavy atom. The Hall–Kier alpha value is -1.78. The first kappa shape index (κ1) is 27.8. The Morgan fingerprint density at radius 3 is 2.23 bits per heavy atom. The highest BCUT2D eigenvalue weighted by Crippen LogP contribution is 2.51. The molecule has 3 aliphatic rings. The highest BCUT2D eigenvalue weighted by molar-refractivity contribution is 6.11. The zero-order valence-electron chi connectivity index (χ0n) is 20.0. The summed E-state index contributed by atoms with van der Waals surface area (Å²) in [7, 11) is 5.37. The van der Waals surface area contributed by atoms with E-state index in [0.29, 0.717) is 31.2 Å². The fraction of sp³-hybridized carbons (Fsp3) is 0.810. The van der Waals surface area contributed by atoms with Crippen molar-refractivity contribution < 1.29 is 45.3 Å². The summed E-state index contributed by atoms with van der Waals surface area (Å²) < 4.78 is 5.29. The van der Waals surface area contributed by atoms with E-state index in [2.05, 4.69) is 14.7 Å². The molecule has 1 aromatic heterocycles. The average molecular weight is 498 g/mol. The van der Waals surface area contributed by atoms with Gasteiger partial charge >= 0.3 is 18.0 Å². The highest BCUT2D eigenvalue weighted by Gasteiger charge is 2.55. The predicted octanol–water partition coefficient (Wildman–Crippen LogP) is -1.93. The van der Waals surface area contributed by atoms with Crippen LogP contribution in [0.2, 0.25) is 0 Å². The van der Waals surface area contributed by atoms with E-state index < -0.39 is 23.8 Å². The minimum atomic E-state index is -4.01. The quantitative estimate of drug-likeness (QED) is 0.177. The number of ether oxygens (including phenoxy) is 1. The number of carbonyl (C=O) groups excluding carboxylic acids is 1. The first-order valence-corrected chi connectivity index (χ1v) is 11.8. The van der Waals surface area contributed by atoms with Crippen LogP contribution in [0.3, 0.4) is 0 Å². The third-order valence-corrected chi connectivity index (χ3v) is 7.15. The molecule has 2 aliphatic heterocycles. The summed E-state index contributed by atoms with van der Waals surface area (Å²) in [6, 6.07) is 2.08. The smallest absolute Gasteiger partial charge is 0.385 e. The number of amides is 1. The number of aromatic nitrogens is 2. The molecule has 4 rings (SSSR count). The lowest BCUT2D eigenvalue weighted by atomic mass is 9.64. The summed E-state index contributed by atoms with van der Waals surface area (Å²) in [6.45, 7) is 6.28. The van der Waals surface area contributed by atoms with E-state index in [1.54, 1.807) is 6.07 Å². The molecule has 7 N–H and O–H groups in total. The highest BCUT2D eigenvalue weighted by atomic mass is 16.9. The molecule has 3 heterocycles. The van der Waals surface area contributed by atoms with Crippen LogP contribution in [0.1, 0.15) is 57.6 Å². The number of nitrogens with zero attached hydrogens (tertiary/aromatic N) is 4. The normalized spacial score (nSPS) is 26.3. The lowest BCUT2D eigenvalue weighted by molar-refractivity contribution is -0.509. The van der Waals surface area contributed by atoms with Gasteiger partial charge in [0.1, 0.15) is 0 Å². The standard InChI is InChI=1S/C19H29BN4O9.C2H6/c20-19(31,32)24-14(1-5-21-24)12-2-6-22(7-3-12)13-9-16(10-13)4-8-23(11-16)15(25)33-18(29,30)17(26,27)28;1-2/h1,5,12-13,26-32H,2-4,6-11H2;1-2H3. The minimum absolute atomic E-state index is 0.102. The van der Waals surface area contributed by atoms with Gasteiger partial charge < -0.3 is 50.3 Å². The van der Waals surface area contributed by atoms with Gasteiger partial charge in [-0.1, -0.05) is 13.8 Å². The predicted molar refractivity (Wildman–Crippen MR) is 120 cm³/mol. The second kappa shape index (κ2) is 9.94. The number of hydrogen-bond acceptors (Lipinski definition) is 11. The molecular weight excluding hydrogens is 463 g/mol. The Labute approximate surface area is 204 Å². The number of aliphatic hydroxyl groups is 7. The topological polar surface area (TPSA) is 192 Å². The van der Waals surface area contributed by atoms with E-state index in [1.165, 1.54) is 11.1 Å². The largest absolute Gasteiger partial charge is 0.414 e. The van der Waals surface area contributed by atoms with Crippen molar-refractivity contribution in [3.8, 4) is 0 Å². The molecule has 2 radical (unpaired) electrons. The molecule has 3 fully saturated rings. The molecular formula is C21H35BN4O9. The fourth-order valence-corrected chi connectivity index (χ4v) is 5.34. The van der Waals surface area contributed by atoms with Crippen LogP contribution in [0.15, 0.2) is 12.3 Å². The van der Waals surface area contributed by atoms with E-state index in [-0.39, 0.29) is 11.3 Å². The summed E-state index contributed by atoms with van der Waals surface area (Å²) in [5.74, 6) is -10.3. The van der Waals surface area contributed by atoms with Crippen LogP contribution in [0.4, 0.5) is 4.79 Å². The Bertz CT molecular complexity index is 869. The van der Waals surface area contributed by atoms with E-state index in [9.17, 15) is 25.2 Å². The van der Waals surface area contributed by atoms with Gasteiger partial charge in [-0.3, -0.25) is 0 Å². The fourth-order valence-electron chi connectivity index (χ4n) is 5.34. The summed E-state index contributed by atoms with van der Waals surface area (Å²) >= 11 is 0. The molecule has 1 aromatic rings. The van der Waals surface area contributed by atoms with Gasteiger partial charge in [0.15, 0.2) is 7.85 Å². The van der Waals surface area contributed by atoms with E-state index in [0.717, 1.165) is 43.5 Å². The lowest BCUT2D eigenvalue weighted by Gasteiger charge is -2.51. The maximum absolute atomic E-state index is 12.2. The van der Waals surface area contributed by atoms with Crippen LogP contribution < -0.4 is 0 Å². The number of likely N-dealkylation sites (tertiary alicyclic amines) is 2. The lowest BCUT2D eigenvalue weighted by Crippen LogP contribution is -2.58. The zero-order chi connectivity index (χ0) is 26.2. The summed E-state index contributed by atoms with van der Waals surface area (Å²) in [5.41, 5.74) is 0.563. The van der Waals surface area contributed by atoms with Crippen molar-refractivity contribution in [2.24, 2.45) is 5.41 Å². The van der Waals surface area contributed by atoms with E-state index >= 15 is 0 Å². The number of rotatable bonds is 5. The summed E-state index contributed by atoms with van der Waals surface area (Å²) in [6.07, 6.45) is 4.35. The van der Waals surface area contributed by atoms with Gasteiger partial charge in [0.2, 0.25) is 5.81 Å². The maximum Gasteiger partial charge on any atom is 0.414 e. The van der Waals surface area contributed by atoms with Gasteiger partial charge in [0, 0.05) is 36.9 Å². The van der Waals surface area contributed by atoms with Gasteiger partial charge in [0.25, 0.3) is 0 Å². The summed E-state index contributed by atoms with van der Waals surface area (Å²) in [5, 5.41) is 68.6. The van der Waals surface area contributed by atoms with E-state index in [1.807, 2.05) is 13.8 Å². The summed E-state index contributed by atoms with van der Waals surface area (Å²) in [4.78, 5) is 15.8. The SMILES string of the molecule is CC.[B]C(O)(O)n1nccc1C1CCN(C2CC3(CCN(C(=O)OC(O)(O)C(O)(O)O)C3)C2)CC1. The van der Waals surface area contributed by atoms with Crippen molar-refractivity contribution in [1.29, 1.82) is 0 Å². The molecule has 35 heavy (non-hydrogen) atoms. The number of piperidine rings is 1. The van der Waals surface area contributed by atoms with Crippen LogP contribution in [0, 0.1) is 5.41 Å². The van der Waals surface area contributed by atoms with Gasteiger partial charge in [-0.05, 0) is 56.7 Å². The molecule has 0 unspecified atom stereocenters. The van der Waals surface area contributed by atoms with Crippen LogP contribution in [-0.2, 0) is 10.5 Å². The molecule has 1 aliphatic carbocycles. The Kier molecular flexibility index (Phi) is 7.90. The van der Waals surface area contributed by atoms with Gasteiger partial charge in [0.05, 0.1) is 0 Å². The van der Waals surface area contributed by atoms with Gasteiger partial charge in [-0.25, -0.2) is 9.48 Å². The van der Waals surface area contributed by atoms with Crippen molar-refractivity contribution in [2.45, 2.75) is 75.7 Å². The Balaban J connectivity index is 0.00000167. The zero-order valence-corrected chi connectivity index (χ0v) is 20.0. The first-order chi connectivity index (χ1) is 16.2. The van der Waals surface area contributed by atoms with Crippen LogP contribution in [0.5, 0.6) is 0 Å². The van der Waals surface area contributed by atoms with Crippen LogP contribution >= 0.6 is 0 Å². The third-order valence-electron chi connectivity index (χ3n) is 7.15. The van der Waals surface area contributed by atoms with E-state index in [4.69, 9.17) is 23.2 Å². The number of hydrogen-bond donors (Lipinski definition) is 7. The number of carbonyl (C=O) groups is 1. The maximum atomic E-state index is 12.2. The first-order valence-electron chi connectivity index (χ1n) is 11.8. The minimum Gasteiger partial charge on any atom is -0.385 e. The average Bonchev–Trinajstić information content (AvgIpc) is 3.41. The van der Waals surface area contributed by atoms with Crippen molar-refractivity contribution >= 4 is 13.9 Å². The van der Waals surface area contributed by atoms with Crippen molar-refractivity contribution in [3.05, 3.63) is 18.0 Å². The van der Waals surface area contributed by atoms with Crippen molar-refractivity contribution in [1.82, 2.24) is 19.6 Å². The van der Waals surface area contributed by atoms with Gasteiger partial charge in [-0.15, -0.1) is 0 Å². The monoisotopic (exact) mass is 498 g/mol. The molecule has 14 heteroatoms. The molecule has 2 saturated heterocycles. The van der Waals surface area contributed by atoms with Crippen LogP contribution in [-0.4, -0.2) is 113 Å². The van der Waals surface area contributed by atoms with Crippen molar-refractivity contribution in [3.63, 3.8) is 0 Å². The second-order valence-corrected chi connectivity index (χ2v) is 9.51. The molecule has 196 valence electrons. The Morgan fingerprint density at radius 2 is 1.69 bits per heavy atom. The second-order valence-electron chi connectivity index (χ2n) is 9.51.